The van der Waals surface area contributed by atoms with Crippen molar-refractivity contribution in [1.82, 2.24) is 15.5 Å². The van der Waals surface area contributed by atoms with Gasteiger partial charge in [-0.1, -0.05) is 35.2 Å². The Bertz CT molecular complexity index is 1010. The Kier molecular flexibility index (Phi) is 8.68. The Hall–Kier alpha value is -2.63. The second-order valence-electron chi connectivity index (χ2n) is 6.45. The van der Waals surface area contributed by atoms with Crippen molar-refractivity contribution in [3.05, 3.63) is 46.2 Å². The van der Waals surface area contributed by atoms with Crippen LogP contribution in [0.5, 0.6) is 5.75 Å². The fourth-order valence-corrected chi connectivity index (χ4v) is 4.87. The van der Waals surface area contributed by atoms with Crippen LogP contribution in [0.3, 0.4) is 0 Å². The molecule has 2 heterocycles. The summed E-state index contributed by atoms with van der Waals surface area (Å²) in [6, 6.07) is 9.63. The van der Waals surface area contributed by atoms with E-state index in [1.54, 1.807) is 17.4 Å². The van der Waals surface area contributed by atoms with Crippen LogP contribution in [0.25, 0.3) is 0 Å². The van der Waals surface area contributed by atoms with Crippen LogP contribution in [0.15, 0.2) is 40.1 Å². The summed E-state index contributed by atoms with van der Waals surface area (Å²) in [5.41, 5.74) is 1.57. The van der Waals surface area contributed by atoms with Crippen molar-refractivity contribution in [2.75, 3.05) is 36.6 Å². The third-order valence-corrected chi connectivity index (χ3v) is 6.99. The fourth-order valence-electron chi connectivity index (χ4n) is 2.56. The molecular formula is C20H23N5O3S3. The van der Waals surface area contributed by atoms with Crippen molar-refractivity contribution in [3.63, 3.8) is 0 Å². The average Bonchev–Trinajstić information content (AvgIpc) is 3.43. The summed E-state index contributed by atoms with van der Waals surface area (Å²) in [5.74, 6) is 0.149. The number of nitrogens with one attached hydrogen (secondary N) is 3. The molecule has 31 heavy (non-hydrogen) atoms. The molecule has 0 radical (unpaired) electrons. The van der Waals surface area contributed by atoms with Crippen LogP contribution in [0.1, 0.15) is 10.4 Å². The van der Waals surface area contributed by atoms with Crippen molar-refractivity contribution >= 4 is 57.1 Å². The number of thioether (sulfide) groups is 1. The number of thiophene rings is 1. The van der Waals surface area contributed by atoms with Gasteiger partial charge in [-0.3, -0.25) is 9.59 Å². The minimum absolute atomic E-state index is 0.123. The molecule has 2 aromatic heterocycles. The van der Waals surface area contributed by atoms with Gasteiger partial charge in [-0.15, -0.1) is 21.5 Å². The highest BCUT2D eigenvalue weighted by molar-refractivity contribution is 8.01. The van der Waals surface area contributed by atoms with E-state index in [0.717, 1.165) is 23.7 Å². The molecule has 0 fully saturated rings. The molecule has 164 valence electrons. The number of carbonyl (C=O) groups excluding carboxylic acids is 2. The lowest BCUT2D eigenvalue weighted by Gasteiger charge is -2.11. The van der Waals surface area contributed by atoms with E-state index in [9.17, 15) is 9.59 Å². The zero-order valence-corrected chi connectivity index (χ0v) is 19.6. The summed E-state index contributed by atoms with van der Waals surface area (Å²) in [4.78, 5) is 25.5. The molecule has 0 spiro atoms. The monoisotopic (exact) mass is 477 g/mol. The lowest BCUT2D eigenvalue weighted by Crippen LogP contribution is -2.34. The fraction of sp³-hybridized carbons (Fsp3) is 0.300. The highest BCUT2D eigenvalue weighted by Gasteiger charge is 2.11. The van der Waals surface area contributed by atoms with E-state index in [-0.39, 0.29) is 24.1 Å². The van der Waals surface area contributed by atoms with Crippen LogP contribution in [-0.2, 0) is 16.0 Å². The average molecular weight is 478 g/mol. The first-order valence-corrected chi connectivity index (χ1v) is 12.2. The standard InChI is InChI=1S/C20H23N5O3S3/c1-13-5-6-16(28-2)15(10-13)23-17(26)11-22-18(27)12-30-20-25-24-19(31-20)21-8-7-14-4-3-9-29-14/h3-6,9-10H,7-8,11-12H2,1-2H3,(H,21,24)(H,22,27)(H,23,26). The zero-order valence-electron chi connectivity index (χ0n) is 17.1. The minimum Gasteiger partial charge on any atom is -0.495 e. The molecule has 0 aliphatic carbocycles. The van der Waals surface area contributed by atoms with Gasteiger partial charge in [0.15, 0.2) is 4.34 Å². The highest BCUT2D eigenvalue weighted by Crippen LogP contribution is 2.26. The van der Waals surface area contributed by atoms with Gasteiger partial charge in [0.1, 0.15) is 5.75 Å². The molecule has 1 aromatic carbocycles. The van der Waals surface area contributed by atoms with E-state index in [1.165, 1.54) is 35.1 Å². The van der Waals surface area contributed by atoms with Gasteiger partial charge in [0.05, 0.1) is 25.1 Å². The molecule has 3 aromatic rings. The number of amides is 2. The van der Waals surface area contributed by atoms with E-state index in [1.807, 2.05) is 25.1 Å². The summed E-state index contributed by atoms with van der Waals surface area (Å²) < 4.78 is 5.93. The number of rotatable bonds is 11. The molecule has 0 atom stereocenters. The number of methoxy groups -OCH3 is 1. The number of anilines is 2. The Morgan fingerprint density at radius 2 is 2.06 bits per heavy atom. The largest absolute Gasteiger partial charge is 0.495 e. The summed E-state index contributed by atoms with van der Waals surface area (Å²) in [6.45, 7) is 2.58. The second-order valence-corrected chi connectivity index (χ2v) is 9.68. The van der Waals surface area contributed by atoms with Gasteiger partial charge in [-0.2, -0.15) is 0 Å². The van der Waals surface area contributed by atoms with E-state index in [2.05, 4.69) is 37.6 Å². The lowest BCUT2D eigenvalue weighted by atomic mass is 10.2. The van der Waals surface area contributed by atoms with Crippen LogP contribution in [0, 0.1) is 6.92 Å². The summed E-state index contributed by atoms with van der Waals surface area (Å²) in [6.07, 6.45) is 0.929. The maximum Gasteiger partial charge on any atom is 0.243 e. The van der Waals surface area contributed by atoms with E-state index < -0.39 is 0 Å². The summed E-state index contributed by atoms with van der Waals surface area (Å²) in [5, 5.41) is 19.6. The Morgan fingerprint density at radius 3 is 2.84 bits per heavy atom. The second kappa shape index (κ2) is 11.7. The van der Waals surface area contributed by atoms with Gasteiger partial charge >= 0.3 is 0 Å². The molecule has 3 N–H and O–H groups in total. The van der Waals surface area contributed by atoms with Crippen LogP contribution in [-0.4, -0.2) is 48.0 Å². The van der Waals surface area contributed by atoms with Crippen LogP contribution >= 0.6 is 34.4 Å². The predicted octanol–water partition coefficient (Wildman–Crippen LogP) is 3.42. The van der Waals surface area contributed by atoms with Crippen LogP contribution in [0.4, 0.5) is 10.8 Å². The third-order valence-electron chi connectivity index (χ3n) is 4.04. The van der Waals surface area contributed by atoms with Crippen molar-refractivity contribution in [1.29, 1.82) is 0 Å². The SMILES string of the molecule is COc1ccc(C)cc1NC(=O)CNC(=O)CSc1nnc(NCCc2cccs2)s1. The number of aryl methyl sites for hydroxylation is 1. The van der Waals surface area contributed by atoms with Crippen molar-refractivity contribution in [2.24, 2.45) is 0 Å². The number of ether oxygens (including phenoxy) is 1. The quantitative estimate of drug-likeness (QED) is 0.364. The van der Waals surface area contributed by atoms with Crippen LogP contribution in [0.2, 0.25) is 0 Å². The van der Waals surface area contributed by atoms with Gasteiger partial charge in [0, 0.05) is 11.4 Å². The number of hydrogen-bond acceptors (Lipinski definition) is 9. The Morgan fingerprint density at radius 1 is 1.19 bits per heavy atom. The first-order chi connectivity index (χ1) is 15.0. The van der Waals surface area contributed by atoms with E-state index in [0.29, 0.717) is 15.8 Å². The molecule has 3 rings (SSSR count). The zero-order chi connectivity index (χ0) is 22.1. The maximum absolute atomic E-state index is 12.1. The number of aromatic nitrogens is 2. The summed E-state index contributed by atoms with van der Waals surface area (Å²) >= 11 is 4.42. The van der Waals surface area contributed by atoms with Crippen molar-refractivity contribution in [2.45, 2.75) is 17.7 Å². The smallest absolute Gasteiger partial charge is 0.243 e. The number of carbonyl (C=O) groups is 2. The third kappa shape index (κ3) is 7.53. The normalized spacial score (nSPS) is 10.5. The number of hydrogen-bond donors (Lipinski definition) is 3. The van der Waals surface area contributed by atoms with Gasteiger partial charge in [-0.05, 0) is 42.5 Å². The number of nitrogens with zero attached hydrogens (tertiary/aromatic N) is 2. The molecule has 0 bridgehead atoms. The molecule has 0 aliphatic heterocycles. The first kappa shape index (κ1) is 23.0. The van der Waals surface area contributed by atoms with Gasteiger partial charge in [0.25, 0.3) is 0 Å². The first-order valence-electron chi connectivity index (χ1n) is 9.47. The Balaban J connectivity index is 1.36. The predicted molar refractivity (Wildman–Crippen MR) is 127 cm³/mol. The van der Waals surface area contributed by atoms with Gasteiger partial charge in [-0.25, -0.2) is 0 Å². The van der Waals surface area contributed by atoms with Gasteiger partial charge < -0.3 is 20.7 Å². The molecule has 8 nitrogen and oxygen atoms in total. The van der Waals surface area contributed by atoms with E-state index in [4.69, 9.17) is 4.74 Å². The van der Waals surface area contributed by atoms with Crippen molar-refractivity contribution < 1.29 is 14.3 Å². The van der Waals surface area contributed by atoms with Crippen LogP contribution < -0.4 is 20.7 Å². The molecule has 0 saturated heterocycles. The van der Waals surface area contributed by atoms with Crippen molar-refractivity contribution in [3.8, 4) is 5.75 Å². The molecule has 0 saturated carbocycles. The molecule has 11 heteroatoms. The maximum atomic E-state index is 12.1. The van der Waals surface area contributed by atoms with Gasteiger partial charge in [0.2, 0.25) is 16.9 Å². The Labute approximate surface area is 192 Å². The van der Waals surface area contributed by atoms with E-state index >= 15 is 0 Å². The summed E-state index contributed by atoms with van der Waals surface area (Å²) in [7, 11) is 1.54. The molecule has 0 unspecified atom stereocenters. The molecule has 2 amide bonds. The minimum atomic E-state index is -0.324. The molecular weight excluding hydrogens is 454 g/mol. The topological polar surface area (TPSA) is 105 Å². The number of benzene rings is 1. The lowest BCUT2D eigenvalue weighted by molar-refractivity contribution is -0.122. The highest BCUT2D eigenvalue weighted by atomic mass is 32.2. The molecule has 0 aliphatic rings.